The zero-order valence-corrected chi connectivity index (χ0v) is 15.3. The van der Waals surface area contributed by atoms with Crippen LogP contribution >= 0.6 is 0 Å². The fourth-order valence-corrected chi connectivity index (χ4v) is 3.56. The van der Waals surface area contributed by atoms with Crippen LogP contribution in [0.4, 0.5) is 0 Å². The Morgan fingerprint density at radius 3 is 2.58 bits per heavy atom. The topological polar surface area (TPSA) is 73.3 Å². The number of rotatable bonds is 4. The van der Waals surface area contributed by atoms with Gasteiger partial charge in [-0.05, 0) is 37.6 Å². The molecule has 2 aliphatic rings. The zero-order chi connectivity index (χ0) is 18.5. The molecule has 26 heavy (non-hydrogen) atoms. The Morgan fingerprint density at radius 1 is 1.15 bits per heavy atom. The van der Waals surface area contributed by atoms with Crippen LogP contribution in [0.3, 0.4) is 0 Å². The second kappa shape index (κ2) is 8.51. The summed E-state index contributed by atoms with van der Waals surface area (Å²) in [4.78, 5) is 30.7. The summed E-state index contributed by atoms with van der Waals surface area (Å²) in [5.41, 5.74) is 0.603. The molecule has 2 amide bonds. The molecule has 1 unspecified atom stereocenters. The monoisotopic (exact) mass is 361 g/mol. The maximum atomic E-state index is 12.6. The van der Waals surface area contributed by atoms with Crippen LogP contribution in [0.15, 0.2) is 24.3 Å². The Balaban J connectivity index is 1.50. The van der Waals surface area contributed by atoms with E-state index in [9.17, 15) is 14.7 Å². The fourth-order valence-electron chi connectivity index (χ4n) is 3.56. The average molecular weight is 361 g/mol. The Bertz CT molecular complexity index is 643. The molecule has 2 fully saturated rings. The minimum absolute atomic E-state index is 0.0323. The number of amides is 2. The largest absolute Gasteiger partial charge is 0.497 e. The highest BCUT2D eigenvalue weighted by Crippen LogP contribution is 2.16. The van der Waals surface area contributed by atoms with Gasteiger partial charge in [0.1, 0.15) is 5.75 Å². The van der Waals surface area contributed by atoms with Crippen molar-refractivity contribution >= 4 is 11.8 Å². The van der Waals surface area contributed by atoms with E-state index in [1.807, 2.05) is 15.9 Å². The van der Waals surface area contributed by atoms with E-state index < -0.39 is 0 Å². The molecule has 0 aliphatic carbocycles. The van der Waals surface area contributed by atoms with Crippen LogP contribution in [-0.4, -0.2) is 90.6 Å². The van der Waals surface area contributed by atoms with Gasteiger partial charge in [0.25, 0.3) is 5.91 Å². The highest BCUT2D eigenvalue weighted by atomic mass is 16.5. The van der Waals surface area contributed by atoms with Crippen molar-refractivity contribution in [2.24, 2.45) is 0 Å². The van der Waals surface area contributed by atoms with Crippen LogP contribution in [0.1, 0.15) is 23.2 Å². The third kappa shape index (κ3) is 4.53. The molecule has 2 aliphatic heterocycles. The van der Waals surface area contributed by atoms with Gasteiger partial charge in [0.05, 0.1) is 19.8 Å². The molecule has 1 aromatic carbocycles. The molecule has 7 heteroatoms. The molecular formula is C19H27N3O4. The molecule has 0 saturated carbocycles. The van der Waals surface area contributed by atoms with Gasteiger partial charge in [-0.2, -0.15) is 0 Å². The van der Waals surface area contributed by atoms with E-state index in [1.165, 1.54) is 0 Å². The molecule has 1 atom stereocenters. The standard InChI is InChI=1S/C19H27N3O4/c1-26-17-6-2-4-15(12-17)19(25)22-10-8-21(9-11-22)18(24)14-20-7-3-5-16(23)13-20/h2,4,6,12,16,23H,3,5,7-11,13-14H2,1H3. The summed E-state index contributed by atoms with van der Waals surface area (Å²) in [5.74, 6) is 0.705. The number of nitrogens with zero attached hydrogens (tertiary/aromatic N) is 3. The number of likely N-dealkylation sites (tertiary alicyclic amines) is 1. The number of aliphatic hydroxyl groups is 1. The number of carbonyl (C=O) groups is 2. The van der Waals surface area contributed by atoms with Crippen molar-refractivity contribution < 1.29 is 19.4 Å². The Hall–Kier alpha value is -2.12. The summed E-state index contributed by atoms with van der Waals surface area (Å²) in [5, 5.41) is 9.72. The van der Waals surface area contributed by atoms with E-state index in [4.69, 9.17) is 4.74 Å². The maximum Gasteiger partial charge on any atom is 0.254 e. The molecule has 7 nitrogen and oxygen atoms in total. The molecule has 3 rings (SSSR count). The van der Waals surface area contributed by atoms with Crippen molar-refractivity contribution in [2.45, 2.75) is 18.9 Å². The van der Waals surface area contributed by atoms with E-state index in [0.29, 0.717) is 50.6 Å². The molecule has 1 N–H and O–H groups in total. The molecule has 0 spiro atoms. The SMILES string of the molecule is COc1cccc(C(=O)N2CCN(C(=O)CN3CCCC(O)C3)CC2)c1. The quantitative estimate of drug-likeness (QED) is 0.842. The van der Waals surface area contributed by atoms with Gasteiger partial charge in [-0.1, -0.05) is 6.07 Å². The predicted molar refractivity (Wildman–Crippen MR) is 97.2 cm³/mol. The van der Waals surface area contributed by atoms with Crippen LogP contribution < -0.4 is 4.74 Å². The Labute approximate surface area is 154 Å². The van der Waals surface area contributed by atoms with Crippen molar-refractivity contribution in [1.82, 2.24) is 14.7 Å². The molecular weight excluding hydrogens is 334 g/mol. The molecule has 2 saturated heterocycles. The molecule has 142 valence electrons. The smallest absolute Gasteiger partial charge is 0.254 e. The first-order chi connectivity index (χ1) is 12.6. The van der Waals surface area contributed by atoms with Crippen molar-refractivity contribution in [3.05, 3.63) is 29.8 Å². The molecule has 0 radical (unpaired) electrons. The van der Waals surface area contributed by atoms with Crippen LogP contribution in [0.5, 0.6) is 5.75 Å². The number of benzene rings is 1. The number of β-amino-alcohol motifs (C(OH)–C–C–N with tert-alkyl or cyclic N) is 1. The van der Waals surface area contributed by atoms with Gasteiger partial charge in [-0.25, -0.2) is 0 Å². The number of ether oxygens (including phenoxy) is 1. The number of piperidine rings is 1. The van der Waals surface area contributed by atoms with Crippen LogP contribution in [0.25, 0.3) is 0 Å². The number of piperazine rings is 1. The third-order valence-electron chi connectivity index (χ3n) is 5.08. The average Bonchev–Trinajstić information content (AvgIpc) is 2.67. The summed E-state index contributed by atoms with van der Waals surface area (Å²) in [6.45, 7) is 3.93. The zero-order valence-electron chi connectivity index (χ0n) is 15.3. The van der Waals surface area contributed by atoms with Crippen molar-refractivity contribution in [3.63, 3.8) is 0 Å². The lowest BCUT2D eigenvalue weighted by atomic mass is 10.1. The lowest BCUT2D eigenvalue weighted by Gasteiger charge is -2.37. The Kier molecular flexibility index (Phi) is 6.11. The molecule has 0 aromatic heterocycles. The van der Waals surface area contributed by atoms with E-state index >= 15 is 0 Å². The van der Waals surface area contributed by atoms with Gasteiger partial charge >= 0.3 is 0 Å². The van der Waals surface area contributed by atoms with E-state index in [-0.39, 0.29) is 17.9 Å². The normalized spacial score (nSPS) is 21.5. The molecule has 1 aromatic rings. The summed E-state index contributed by atoms with van der Waals surface area (Å²) in [6.07, 6.45) is 1.42. The Morgan fingerprint density at radius 2 is 1.88 bits per heavy atom. The lowest BCUT2D eigenvalue weighted by Crippen LogP contribution is -2.53. The highest BCUT2D eigenvalue weighted by Gasteiger charge is 2.27. The van der Waals surface area contributed by atoms with Gasteiger partial charge in [0, 0.05) is 38.3 Å². The van der Waals surface area contributed by atoms with Gasteiger partial charge < -0.3 is 19.6 Å². The van der Waals surface area contributed by atoms with Crippen LogP contribution in [-0.2, 0) is 4.79 Å². The first kappa shape index (κ1) is 18.7. The number of hydrogen-bond donors (Lipinski definition) is 1. The number of methoxy groups -OCH3 is 1. The molecule has 2 heterocycles. The van der Waals surface area contributed by atoms with E-state index in [2.05, 4.69) is 0 Å². The minimum Gasteiger partial charge on any atom is -0.497 e. The predicted octanol–water partition coefficient (Wildman–Crippen LogP) is 0.436. The van der Waals surface area contributed by atoms with Crippen molar-refractivity contribution in [3.8, 4) is 5.75 Å². The van der Waals surface area contributed by atoms with Crippen molar-refractivity contribution in [1.29, 1.82) is 0 Å². The minimum atomic E-state index is -0.325. The number of carbonyl (C=O) groups excluding carboxylic acids is 2. The number of hydrogen-bond acceptors (Lipinski definition) is 5. The van der Waals surface area contributed by atoms with Crippen LogP contribution in [0.2, 0.25) is 0 Å². The second-order valence-electron chi connectivity index (χ2n) is 6.94. The van der Waals surface area contributed by atoms with E-state index in [0.717, 1.165) is 19.4 Å². The third-order valence-corrected chi connectivity index (χ3v) is 5.08. The number of aliphatic hydroxyl groups excluding tert-OH is 1. The summed E-state index contributed by atoms with van der Waals surface area (Å²) < 4.78 is 5.17. The summed E-state index contributed by atoms with van der Waals surface area (Å²) in [7, 11) is 1.58. The fraction of sp³-hybridized carbons (Fsp3) is 0.579. The summed E-state index contributed by atoms with van der Waals surface area (Å²) >= 11 is 0. The molecule has 0 bridgehead atoms. The van der Waals surface area contributed by atoms with Gasteiger partial charge in [-0.15, -0.1) is 0 Å². The van der Waals surface area contributed by atoms with Gasteiger partial charge in [0.15, 0.2) is 0 Å². The second-order valence-corrected chi connectivity index (χ2v) is 6.94. The highest BCUT2D eigenvalue weighted by molar-refractivity contribution is 5.94. The van der Waals surface area contributed by atoms with Gasteiger partial charge in [0.2, 0.25) is 5.91 Å². The van der Waals surface area contributed by atoms with E-state index in [1.54, 1.807) is 30.2 Å². The lowest BCUT2D eigenvalue weighted by molar-refractivity contribution is -0.134. The first-order valence-electron chi connectivity index (χ1n) is 9.18. The first-order valence-corrected chi connectivity index (χ1v) is 9.18. The van der Waals surface area contributed by atoms with Gasteiger partial charge in [-0.3, -0.25) is 14.5 Å². The van der Waals surface area contributed by atoms with Crippen molar-refractivity contribution in [2.75, 3.05) is 52.9 Å². The van der Waals surface area contributed by atoms with Crippen LogP contribution in [0, 0.1) is 0 Å². The maximum absolute atomic E-state index is 12.6. The summed E-state index contributed by atoms with van der Waals surface area (Å²) in [6, 6.07) is 7.13.